The molecule has 1 aliphatic rings. The molecule has 1 heterocycles. The van der Waals surface area contributed by atoms with Crippen LogP contribution in [0.4, 0.5) is 5.82 Å². The summed E-state index contributed by atoms with van der Waals surface area (Å²) in [6, 6.07) is 8.44. The molecule has 3 rings (SSSR count). The molecule has 5 nitrogen and oxygen atoms in total. The molecule has 108 valence electrons. The van der Waals surface area contributed by atoms with Crippen molar-refractivity contribution in [1.82, 2.24) is 10.2 Å². The van der Waals surface area contributed by atoms with Gasteiger partial charge in [-0.05, 0) is 43.4 Å². The Balaban J connectivity index is 1.87. The smallest absolute Gasteiger partial charge is 0.339 e. The number of nitrogens with one attached hydrogen (secondary N) is 1. The van der Waals surface area contributed by atoms with Crippen molar-refractivity contribution < 1.29 is 9.90 Å². The summed E-state index contributed by atoms with van der Waals surface area (Å²) in [5, 5.41) is 20.7. The standard InChI is InChI=1S/C16H17N3O2/c1-9-10(2)18-19-15(14(9)16(20)21)17-13-7-11-5-3-4-6-12(11)8-13/h3-6,13H,7-8H2,1-2H3,(H,17,19)(H,20,21). The summed E-state index contributed by atoms with van der Waals surface area (Å²) in [5.41, 5.74) is 4.15. The maximum absolute atomic E-state index is 11.5. The monoisotopic (exact) mass is 283 g/mol. The molecule has 0 saturated heterocycles. The van der Waals surface area contributed by atoms with E-state index in [1.807, 2.05) is 12.1 Å². The minimum absolute atomic E-state index is 0.164. The molecule has 1 aliphatic carbocycles. The summed E-state index contributed by atoms with van der Waals surface area (Å²) >= 11 is 0. The van der Waals surface area contributed by atoms with Gasteiger partial charge in [0.25, 0.3) is 0 Å². The van der Waals surface area contributed by atoms with Gasteiger partial charge in [-0.15, -0.1) is 5.10 Å². The third-order valence-electron chi connectivity index (χ3n) is 4.06. The Labute approximate surface area is 123 Å². The highest BCUT2D eigenvalue weighted by Crippen LogP contribution is 2.26. The predicted molar refractivity (Wildman–Crippen MR) is 79.7 cm³/mol. The molecule has 21 heavy (non-hydrogen) atoms. The number of rotatable bonds is 3. The highest BCUT2D eigenvalue weighted by molar-refractivity contribution is 5.94. The van der Waals surface area contributed by atoms with E-state index in [2.05, 4.69) is 27.6 Å². The lowest BCUT2D eigenvalue weighted by atomic mass is 10.1. The second-order valence-electron chi connectivity index (χ2n) is 5.46. The van der Waals surface area contributed by atoms with Crippen LogP contribution in [0, 0.1) is 13.8 Å². The van der Waals surface area contributed by atoms with E-state index in [0.717, 1.165) is 12.8 Å². The zero-order chi connectivity index (χ0) is 15.0. The van der Waals surface area contributed by atoms with E-state index >= 15 is 0 Å². The minimum Gasteiger partial charge on any atom is -0.478 e. The summed E-state index contributed by atoms with van der Waals surface area (Å²) in [6.07, 6.45) is 1.76. The molecule has 1 aromatic heterocycles. The van der Waals surface area contributed by atoms with Crippen molar-refractivity contribution >= 4 is 11.8 Å². The molecule has 0 fully saturated rings. The van der Waals surface area contributed by atoms with Crippen molar-refractivity contribution in [2.45, 2.75) is 32.7 Å². The van der Waals surface area contributed by atoms with Gasteiger partial charge in [-0.1, -0.05) is 24.3 Å². The highest BCUT2D eigenvalue weighted by Gasteiger charge is 2.24. The first-order valence-electron chi connectivity index (χ1n) is 6.96. The highest BCUT2D eigenvalue weighted by atomic mass is 16.4. The number of carbonyl (C=O) groups is 1. The van der Waals surface area contributed by atoms with Gasteiger partial charge in [-0.2, -0.15) is 5.10 Å². The number of nitrogens with zero attached hydrogens (tertiary/aromatic N) is 2. The van der Waals surface area contributed by atoms with E-state index in [1.54, 1.807) is 13.8 Å². The first kappa shape index (κ1) is 13.5. The van der Waals surface area contributed by atoms with Crippen LogP contribution in [0.1, 0.15) is 32.7 Å². The van der Waals surface area contributed by atoms with E-state index in [0.29, 0.717) is 17.1 Å². The Bertz CT molecular complexity index is 688. The third-order valence-corrected chi connectivity index (χ3v) is 4.06. The van der Waals surface area contributed by atoms with E-state index < -0.39 is 5.97 Å². The van der Waals surface area contributed by atoms with Crippen molar-refractivity contribution in [3.05, 3.63) is 52.2 Å². The average Bonchev–Trinajstić information content (AvgIpc) is 2.85. The molecule has 0 spiro atoms. The summed E-state index contributed by atoms with van der Waals surface area (Å²) in [5.74, 6) is -0.605. The van der Waals surface area contributed by atoms with Crippen molar-refractivity contribution in [1.29, 1.82) is 0 Å². The van der Waals surface area contributed by atoms with Crippen molar-refractivity contribution in [3.8, 4) is 0 Å². The second kappa shape index (κ2) is 5.16. The van der Waals surface area contributed by atoms with Crippen molar-refractivity contribution in [2.75, 3.05) is 5.32 Å². The molecule has 2 aromatic rings. The molecule has 0 radical (unpaired) electrons. The Kier molecular flexibility index (Phi) is 3.33. The molecular weight excluding hydrogens is 266 g/mol. The van der Waals surface area contributed by atoms with Gasteiger partial charge < -0.3 is 10.4 Å². The van der Waals surface area contributed by atoms with Crippen LogP contribution in [0.3, 0.4) is 0 Å². The SMILES string of the molecule is Cc1nnc(NC2Cc3ccccc3C2)c(C(=O)O)c1C. The summed E-state index contributed by atoms with van der Waals surface area (Å²) in [7, 11) is 0. The van der Waals surface area contributed by atoms with E-state index in [4.69, 9.17) is 0 Å². The normalized spacial score (nSPS) is 14.0. The van der Waals surface area contributed by atoms with Gasteiger partial charge >= 0.3 is 5.97 Å². The quantitative estimate of drug-likeness (QED) is 0.904. The Morgan fingerprint density at radius 3 is 2.38 bits per heavy atom. The minimum atomic E-state index is -0.969. The fraction of sp³-hybridized carbons (Fsp3) is 0.312. The molecule has 0 saturated carbocycles. The van der Waals surface area contributed by atoms with Crippen LogP contribution in [0.15, 0.2) is 24.3 Å². The molecule has 2 N–H and O–H groups in total. The second-order valence-corrected chi connectivity index (χ2v) is 5.46. The fourth-order valence-corrected chi connectivity index (χ4v) is 2.83. The summed E-state index contributed by atoms with van der Waals surface area (Å²) in [4.78, 5) is 11.5. The number of aromatic carboxylic acids is 1. The van der Waals surface area contributed by atoms with Crippen LogP contribution in [0.25, 0.3) is 0 Å². The molecule has 0 amide bonds. The lowest BCUT2D eigenvalue weighted by Crippen LogP contribution is -2.23. The first-order chi connectivity index (χ1) is 10.1. The number of aryl methyl sites for hydroxylation is 1. The van der Waals surface area contributed by atoms with Gasteiger partial charge in [0, 0.05) is 6.04 Å². The largest absolute Gasteiger partial charge is 0.478 e. The van der Waals surface area contributed by atoms with Crippen LogP contribution in [0.2, 0.25) is 0 Å². The Hall–Kier alpha value is -2.43. The topological polar surface area (TPSA) is 75.1 Å². The first-order valence-corrected chi connectivity index (χ1v) is 6.96. The number of carboxylic acid groups (broad SMARTS) is 1. The zero-order valence-electron chi connectivity index (χ0n) is 12.1. The molecule has 0 atom stereocenters. The Morgan fingerprint density at radius 2 is 1.81 bits per heavy atom. The number of aromatic nitrogens is 2. The third kappa shape index (κ3) is 2.46. The number of anilines is 1. The van der Waals surface area contributed by atoms with Gasteiger partial charge in [0.15, 0.2) is 5.82 Å². The van der Waals surface area contributed by atoms with Crippen LogP contribution in [0.5, 0.6) is 0 Å². The molecular formula is C16H17N3O2. The Morgan fingerprint density at radius 1 is 1.19 bits per heavy atom. The van der Waals surface area contributed by atoms with Crippen LogP contribution >= 0.6 is 0 Å². The lowest BCUT2D eigenvalue weighted by Gasteiger charge is -2.16. The van der Waals surface area contributed by atoms with E-state index in [9.17, 15) is 9.90 Å². The number of hydrogen-bond acceptors (Lipinski definition) is 4. The van der Waals surface area contributed by atoms with E-state index in [-0.39, 0.29) is 11.6 Å². The molecule has 0 aliphatic heterocycles. The van der Waals surface area contributed by atoms with Crippen molar-refractivity contribution in [2.24, 2.45) is 0 Å². The fourth-order valence-electron chi connectivity index (χ4n) is 2.83. The van der Waals surface area contributed by atoms with Gasteiger partial charge in [-0.25, -0.2) is 4.79 Å². The number of carboxylic acids is 1. The predicted octanol–water partition coefficient (Wildman–Crippen LogP) is 2.37. The van der Waals surface area contributed by atoms with Gasteiger partial charge in [0.1, 0.15) is 5.56 Å². The molecule has 0 unspecified atom stereocenters. The number of benzene rings is 1. The molecule has 1 aromatic carbocycles. The lowest BCUT2D eigenvalue weighted by molar-refractivity contribution is 0.0696. The van der Waals surface area contributed by atoms with Crippen molar-refractivity contribution in [3.63, 3.8) is 0 Å². The maximum atomic E-state index is 11.5. The number of hydrogen-bond donors (Lipinski definition) is 2. The van der Waals surface area contributed by atoms with Crippen LogP contribution < -0.4 is 5.32 Å². The zero-order valence-corrected chi connectivity index (χ0v) is 12.1. The summed E-state index contributed by atoms with van der Waals surface area (Å²) in [6.45, 7) is 3.53. The van der Waals surface area contributed by atoms with Crippen LogP contribution in [-0.4, -0.2) is 27.3 Å². The van der Waals surface area contributed by atoms with Gasteiger partial charge in [0.05, 0.1) is 5.69 Å². The molecule has 5 heteroatoms. The number of fused-ring (bicyclic) bond motifs is 1. The summed E-state index contributed by atoms with van der Waals surface area (Å²) < 4.78 is 0. The molecule has 0 bridgehead atoms. The average molecular weight is 283 g/mol. The maximum Gasteiger partial charge on any atom is 0.339 e. The van der Waals surface area contributed by atoms with Gasteiger partial charge in [0.2, 0.25) is 0 Å². The van der Waals surface area contributed by atoms with Crippen LogP contribution in [-0.2, 0) is 12.8 Å². The van der Waals surface area contributed by atoms with Gasteiger partial charge in [-0.3, -0.25) is 0 Å². The van der Waals surface area contributed by atoms with E-state index in [1.165, 1.54) is 11.1 Å².